The minimum atomic E-state index is -0.569. The SMILES string of the molecule is O=C(CCl)NCCC1CCN(C(=O)C2(Nc3ccc(Cl)cc3)CCNCC2)CC1. The van der Waals surface area contributed by atoms with E-state index in [1.807, 2.05) is 29.2 Å². The van der Waals surface area contributed by atoms with Crippen molar-refractivity contribution >= 4 is 40.7 Å². The third kappa shape index (κ3) is 6.00. The molecule has 1 aromatic carbocycles. The van der Waals surface area contributed by atoms with Crippen LogP contribution < -0.4 is 16.0 Å². The highest BCUT2D eigenvalue weighted by Crippen LogP contribution is 2.30. The van der Waals surface area contributed by atoms with Crippen LogP contribution in [0.2, 0.25) is 5.02 Å². The Labute approximate surface area is 182 Å². The minimum Gasteiger partial charge on any atom is -0.371 e. The predicted molar refractivity (Wildman–Crippen MR) is 118 cm³/mol. The molecule has 8 heteroatoms. The Morgan fingerprint density at radius 2 is 1.79 bits per heavy atom. The van der Waals surface area contributed by atoms with Crippen molar-refractivity contribution in [1.82, 2.24) is 15.5 Å². The summed E-state index contributed by atoms with van der Waals surface area (Å²) in [6.45, 7) is 3.83. The van der Waals surface area contributed by atoms with Gasteiger partial charge in [-0.05, 0) is 75.4 Å². The Bertz CT molecular complexity index is 684. The van der Waals surface area contributed by atoms with E-state index in [1.165, 1.54) is 0 Å². The van der Waals surface area contributed by atoms with Gasteiger partial charge in [0.15, 0.2) is 0 Å². The number of amides is 2. The smallest absolute Gasteiger partial charge is 0.248 e. The number of carbonyl (C=O) groups is 2. The van der Waals surface area contributed by atoms with E-state index in [9.17, 15) is 9.59 Å². The quantitative estimate of drug-likeness (QED) is 0.569. The second-order valence-corrected chi connectivity index (χ2v) is 8.68. The molecule has 3 rings (SSSR count). The van der Waals surface area contributed by atoms with Gasteiger partial charge in [0, 0.05) is 30.3 Å². The Kier molecular flexibility index (Phi) is 8.04. The lowest BCUT2D eigenvalue weighted by molar-refractivity contribution is -0.138. The molecule has 2 aliphatic heterocycles. The van der Waals surface area contributed by atoms with Crippen LogP contribution >= 0.6 is 23.2 Å². The molecule has 0 unspecified atom stereocenters. The minimum absolute atomic E-state index is 0.00447. The van der Waals surface area contributed by atoms with Gasteiger partial charge >= 0.3 is 0 Å². The summed E-state index contributed by atoms with van der Waals surface area (Å²) in [4.78, 5) is 26.8. The van der Waals surface area contributed by atoms with Crippen molar-refractivity contribution in [2.24, 2.45) is 5.92 Å². The maximum Gasteiger partial charge on any atom is 0.248 e. The van der Waals surface area contributed by atoms with E-state index in [2.05, 4.69) is 16.0 Å². The molecule has 0 aliphatic carbocycles. The molecule has 29 heavy (non-hydrogen) atoms. The number of halogens is 2. The van der Waals surface area contributed by atoms with Crippen molar-refractivity contribution in [2.45, 2.75) is 37.6 Å². The zero-order valence-corrected chi connectivity index (χ0v) is 18.2. The van der Waals surface area contributed by atoms with E-state index >= 15 is 0 Å². The molecule has 2 fully saturated rings. The van der Waals surface area contributed by atoms with Gasteiger partial charge in [-0.1, -0.05) is 11.6 Å². The van der Waals surface area contributed by atoms with Crippen LogP contribution in [0.25, 0.3) is 0 Å². The molecule has 2 saturated heterocycles. The zero-order valence-electron chi connectivity index (χ0n) is 16.7. The second kappa shape index (κ2) is 10.5. The maximum absolute atomic E-state index is 13.5. The number of likely N-dealkylation sites (tertiary alicyclic amines) is 1. The standard InChI is InChI=1S/C21H30Cl2N4O2/c22-15-19(28)25-10-5-16-6-13-27(14-7-16)20(29)21(8-11-24-12-9-21)26-18-3-1-17(23)2-4-18/h1-4,16,24,26H,5-15H2,(H,25,28). The average molecular weight is 441 g/mol. The lowest BCUT2D eigenvalue weighted by Gasteiger charge is -2.43. The highest BCUT2D eigenvalue weighted by molar-refractivity contribution is 6.30. The molecule has 160 valence electrons. The molecular weight excluding hydrogens is 411 g/mol. The lowest BCUT2D eigenvalue weighted by atomic mass is 9.84. The number of carbonyl (C=O) groups excluding carboxylic acids is 2. The van der Waals surface area contributed by atoms with Crippen LogP contribution in [-0.4, -0.2) is 60.9 Å². The first-order valence-electron chi connectivity index (χ1n) is 10.4. The van der Waals surface area contributed by atoms with Crippen LogP contribution in [0, 0.1) is 5.92 Å². The number of hydrogen-bond donors (Lipinski definition) is 3. The van der Waals surface area contributed by atoms with Crippen LogP contribution in [0.1, 0.15) is 32.1 Å². The molecule has 2 heterocycles. The third-order valence-electron chi connectivity index (χ3n) is 5.99. The van der Waals surface area contributed by atoms with Crippen molar-refractivity contribution < 1.29 is 9.59 Å². The monoisotopic (exact) mass is 440 g/mol. The highest BCUT2D eigenvalue weighted by atomic mass is 35.5. The van der Waals surface area contributed by atoms with E-state index in [0.717, 1.165) is 64.0 Å². The molecule has 2 amide bonds. The van der Waals surface area contributed by atoms with Gasteiger partial charge in [-0.25, -0.2) is 0 Å². The van der Waals surface area contributed by atoms with Crippen molar-refractivity contribution in [1.29, 1.82) is 0 Å². The number of benzene rings is 1. The first kappa shape index (κ1) is 22.2. The summed E-state index contributed by atoms with van der Waals surface area (Å²) in [7, 11) is 0. The molecule has 0 aromatic heterocycles. The molecule has 0 bridgehead atoms. The van der Waals surface area contributed by atoms with Crippen LogP contribution in [0.15, 0.2) is 24.3 Å². The molecule has 6 nitrogen and oxygen atoms in total. The number of nitrogens with zero attached hydrogens (tertiary/aromatic N) is 1. The Balaban J connectivity index is 1.57. The van der Waals surface area contributed by atoms with Crippen LogP contribution in [0.4, 0.5) is 5.69 Å². The van der Waals surface area contributed by atoms with Crippen LogP contribution in [0.3, 0.4) is 0 Å². The number of piperidine rings is 2. The first-order valence-corrected chi connectivity index (χ1v) is 11.3. The van der Waals surface area contributed by atoms with E-state index in [4.69, 9.17) is 23.2 Å². The number of alkyl halides is 1. The zero-order chi connectivity index (χ0) is 20.7. The number of rotatable bonds is 7. The second-order valence-electron chi connectivity index (χ2n) is 7.97. The van der Waals surface area contributed by atoms with Gasteiger partial charge in [-0.3, -0.25) is 9.59 Å². The summed E-state index contributed by atoms with van der Waals surface area (Å²) in [6.07, 6.45) is 4.40. The fraction of sp³-hybridized carbons (Fsp3) is 0.619. The topological polar surface area (TPSA) is 73.5 Å². The van der Waals surface area contributed by atoms with Gasteiger partial charge in [0.1, 0.15) is 11.4 Å². The Hall–Kier alpha value is -1.50. The summed E-state index contributed by atoms with van der Waals surface area (Å²) < 4.78 is 0. The molecule has 0 spiro atoms. The normalized spacial score (nSPS) is 19.6. The summed E-state index contributed by atoms with van der Waals surface area (Å²) in [6, 6.07) is 7.55. The van der Waals surface area contributed by atoms with Crippen molar-refractivity contribution in [2.75, 3.05) is 43.9 Å². The van der Waals surface area contributed by atoms with E-state index in [1.54, 1.807) is 0 Å². The molecule has 0 radical (unpaired) electrons. The van der Waals surface area contributed by atoms with Crippen molar-refractivity contribution in [3.05, 3.63) is 29.3 Å². The Morgan fingerprint density at radius 1 is 1.14 bits per heavy atom. The fourth-order valence-corrected chi connectivity index (χ4v) is 4.47. The number of nitrogens with one attached hydrogen (secondary N) is 3. The summed E-state index contributed by atoms with van der Waals surface area (Å²) >= 11 is 11.5. The van der Waals surface area contributed by atoms with E-state index < -0.39 is 5.54 Å². The summed E-state index contributed by atoms with van der Waals surface area (Å²) in [5.41, 5.74) is 0.356. The van der Waals surface area contributed by atoms with Crippen molar-refractivity contribution in [3.63, 3.8) is 0 Å². The molecular formula is C21H30Cl2N4O2. The first-order chi connectivity index (χ1) is 14.0. The third-order valence-corrected chi connectivity index (χ3v) is 6.49. The molecule has 0 saturated carbocycles. The number of anilines is 1. The summed E-state index contributed by atoms with van der Waals surface area (Å²) in [5.74, 6) is 0.607. The maximum atomic E-state index is 13.5. The van der Waals surface area contributed by atoms with Crippen molar-refractivity contribution in [3.8, 4) is 0 Å². The number of hydrogen-bond acceptors (Lipinski definition) is 4. The van der Waals surface area contributed by atoms with Gasteiger partial charge in [-0.15, -0.1) is 11.6 Å². The Morgan fingerprint density at radius 3 is 2.41 bits per heavy atom. The average Bonchev–Trinajstić information content (AvgIpc) is 2.76. The van der Waals surface area contributed by atoms with Gasteiger partial charge in [-0.2, -0.15) is 0 Å². The van der Waals surface area contributed by atoms with Crippen LogP contribution in [0.5, 0.6) is 0 Å². The predicted octanol–water partition coefficient (Wildman–Crippen LogP) is 2.86. The fourth-order valence-electron chi connectivity index (χ4n) is 4.25. The molecule has 0 atom stereocenters. The highest BCUT2D eigenvalue weighted by Gasteiger charge is 2.42. The van der Waals surface area contributed by atoms with Gasteiger partial charge in [0.2, 0.25) is 11.8 Å². The van der Waals surface area contributed by atoms with E-state index in [0.29, 0.717) is 17.5 Å². The van der Waals surface area contributed by atoms with Gasteiger partial charge < -0.3 is 20.9 Å². The molecule has 3 N–H and O–H groups in total. The molecule has 1 aromatic rings. The van der Waals surface area contributed by atoms with E-state index in [-0.39, 0.29) is 17.7 Å². The van der Waals surface area contributed by atoms with Gasteiger partial charge in [0.05, 0.1) is 0 Å². The molecule has 2 aliphatic rings. The largest absolute Gasteiger partial charge is 0.371 e. The van der Waals surface area contributed by atoms with Gasteiger partial charge in [0.25, 0.3) is 0 Å². The summed E-state index contributed by atoms with van der Waals surface area (Å²) in [5, 5.41) is 10.4. The lowest BCUT2D eigenvalue weighted by Crippen LogP contribution is -2.59. The van der Waals surface area contributed by atoms with Crippen LogP contribution in [-0.2, 0) is 9.59 Å².